The number of piperidine rings is 1. The number of nitro groups is 1. The number of hydrogen-bond donors (Lipinski definition) is 0. The van der Waals surface area contributed by atoms with E-state index in [2.05, 4.69) is 16.8 Å². The van der Waals surface area contributed by atoms with Gasteiger partial charge in [-0.25, -0.2) is 9.97 Å². The molecule has 0 spiro atoms. The fourth-order valence-electron chi connectivity index (χ4n) is 4.17. The van der Waals surface area contributed by atoms with E-state index in [4.69, 9.17) is 4.98 Å². The fraction of sp³-hybridized carbons (Fsp3) is 0.435. The second-order valence-corrected chi connectivity index (χ2v) is 8.38. The molecule has 0 atom stereocenters. The first kappa shape index (κ1) is 21.0. The molecule has 0 N–H and O–H groups in total. The number of hydrogen-bond acceptors (Lipinski definition) is 6. The predicted molar refractivity (Wildman–Crippen MR) is 119 cm³/mol. The van der Waals surface area contributed by atoms with Gasteiger partial charge in [0.25, 0.3) is 5.69 Å². The van der Waals surface area contributed by atoms with Crippen molar-refractivity contribution in [2.45, 2.75) is 39.7 Å². The molecule has 1 saturated heterocycles. The number of rotatable bonds is 4. The van der Waals surface area contributed by atoms with E-state index in [0.717, 1.165) is 60.3 Å². The smallest absolute Gasteiger partial charge is 0.269 e. The van der Waals surface area contributed by atoms with E-state index in [1.54, 1.807) is 18.2 Å². The van der Waals surface area contributed by atoms with Crippen molar-refractivity contribution in [3.8, 4) is 0 Å². The van der Waals surface area contributed by atoms with E-state index < -0.39 is 4.92 Å². The molecule has 0 bridgehead atoms. The molecule has 2 aromatic rings. The minimum atomic E-state index is -0.436. The lowest BCUT2D eigenvalue weighted by molar-refractivity contribution is -0.384. The average molecular weight is 422 g/mol. The zero-order valence-corrected chi connectivity index (χ0v) is 18.0. The number of aryl methyl sites for hydroxylation is 1. The quantitative estimate of drug-likeness (QED) is 0.426. The maximum absolute atomic E-state index is 12.8. The van der Waals surface area contributed by atoms with Gasteiger partial charge in [0.05, 0.1) is 17.2 Å². The van der Waals surface area contributed by atoms with Gasteiger partial charge >= 0.3 is 0 Å². The normalized spacial score (nSPS) is 17.1. The van der Waals surface area contributed by atoms with Crippen LogP contribution < -0.4 is 4.90 Å². The Hall–Kier alpha value is -3.29. The maximum atomic E-state index is 12.8. The van der Waals surface area contributed by atoms with E-state index in [1.165, 1.54) is 18.2 Å². The van der Waals surface area contributed by atoms with E-state index in [0.29, 0.717) is 19.5 Å². The second-order valence-electron chi connectivity index (χ2n) is 8.38. The maximum Gasteiger partial charge on any atom is 0.269 e. The van der Waals surface area contributed by atoms with Crippen molar-refractivity contribution in [1.82, 2.24) is 14.9 Å². The molecule has 0 aliphatic carbocycles. The van der Waals surface area contributed by atoms with Crippen molar-refractivity contribution in [2.24, 2.45) is 5.92 Å². The lowest BCUT2D eigenvalue weighted by atomic mass is 9.98. The Morgan fingerprint density at radius 1 is 1.16 bits per heavy atom. The Bertz CT molecular complexity index is 1010. The van der Waals surface area contributed by atoms with Crippen LogP contribution in [-0.2, 0) is 17.8 Å². The van der Waals surface area contributed by atoms with E-state index >= 15 is 0 Å². The molecule has 1 aromatic heterocycles. The summed E-state index contributed by atoms with van der Waals surface area (Å²) in [5.74, 6) is 2.41. The zero-order chi connectivity index (χ0) is 22.0. The van der Waals surface area contributed by atoms with Gasteiger partial charge < -0.3 is 9.80 Å². The first-order valence-electron chi connectivity index (χ1n) is 10.7. The van der Waals surface area contributed by atoms with E-state index in [9.17, 15) is 14.9 Å². The number of amides is 1. The van der Waals surface area contributed by atoms with Crippen molar-refractivity contribution in [3.05, 3.63) is 63.1 Å². The molecule has 3 heterocycles. The molecule has 0 radical (unpaired) electrons. The van der Waals surface area contributed by atoms with Crippen LogP contribution in [0.4, 0.5) is 11.5 Å². The monoisotopic (exact) mass is 421 g/mol. The van der Waals surface area contributed by atoms with Crippen LogP contribution >= 0.6 is 0 Å². The third-order valence-corrected chi connectivity index (χ3v) is 6.07. The van der Waals surface area contributed by atoms with Crippen LogP contribution in [0.1, 0.15) is 42.4 Å². The molecule has 162 valence electrons. The van der Waals surface area contributed by atoms with Crippen molar-refractivity contribution in [1.29, 1.82) is 0 Å². The molecule has 2 aliphatic heterocycles. The topological polar surface area (TPSA) is 92.5 Å². The van der Waals surface area contributed by atoms with Gasteiger partial charge in [0.2, 0.25) is 5.91 Å². The Morgan fingerprint density at radius 2 is 1.87 bits per heavy atom. The van der Waals surface area contributed by atoms with Gasteiger partial charge in [-0.2, -0.15) is 0 Å². The van der Waals surface area contributed by atoms with E-state index in [-0.39, 0.29) is 11.6 Å². The number of benzene rings is 1. The molecular formula is C23H27N5O3. The Morgan fingerprint density at radius 3 is 2.55 bits per heavy atom. The van der Waals surface area contributed by atoms with Crippen LogP contribution in [0.5, 0.6) is 0 Å². The molecule has 4 rings (SSSR count). The van der Waals surface area contributed by atoms with Crippen LogP contribution in [-0.4, -0.2) is 45.3 Å². The van der Waals surface area contributed by atoms with Crippen molar-refractivity contribution < 1.29 is 9.72 Å². The van der Waals surface area contributed by atoms with Crippen LogP contribution in [0.2, 0.25) is 0 Å². The summed E-state index contributed by atoms with van der Waals surface area (Å²) in [7, 11) is 0. The van der Waals surface area contributed by atoms with Crippen LogP contribution in [0.15, 0.2) is 30.3 Å². The van der Waals surface area contributed by atoms with E-state index in [1.807, 2.05) is 11.8 Å². The summed E-state index contributed by atoms with van der Waals surface area (Å²) in [5.41, 5.74) is 2.89. The van der Waals surface area contributed by atoms with Crippen molar-refractivity contribution in [2.75, 3.05) is 24.5 Å². The highest BCUT2D eigenvalue weighted by Gasteiger charge is 2.27. The van der Waals surface area contributed by atoms with Gasteiger partial charge in [-0.1, -0.05) is 6.92 Å². The Kier molecular flexibility index (Phi) is 5.97. The molecule has 1 amide bonds. The Labute approximate surface area is 181 Å². The summed E-state index contributed by atoms with van der Waals surface area (Å²) in [6, 6.07) is 6.15. The summed E-state index contributed by atoms with van der Waals surface area (Å²) in [5, 5.41) is 10.8. The van der Waals surface area contributed by atoms with Gasteiger partial charge in [-0.3, -0.25) is 14.9 Å². The second kappa shape index (κ2) is 8.83. The lowest BCUT2D eigenvalue weighted by Gasteiger charge is -2.35. The third kappa shape index (κ3) is 4.73. The summed E-state index contributed by atoms with van der Waals surface area (Å²) in [4.78, 5) is 36.7. The van der Waals surface area contributed by atoms with Gasteiger partial charge in [0.15, 0.2) is 0 Å². The number of nitrogens with zero attached hydrogens (tertiary/aromatic N) is 5. The average Bonchev–Trinajstić information content (AvgIpc) is 2.77. The molecular weight excluding hydrogens is 394 g/mol. The Balaban J connectivity index is 1.50. The largest absolute Gasteiger partial charge is 0.356 e. The third-order valence-electron chi connectivity index (χ3n) is 6.07. The number of fused-ring (bicyclic) bond motifs is 1. The van der Waals surface area contributed by atoms with Crippen LogP contribution in [0, 0.1) is 23.0 Å². The molecule has 0 unspecified atom stereocenters. The molecule has 1 aromatic carbocycles. The number of anilines is 1. The molecule has 0 saturated carbocycles. The fourth-order valence-corrected chi connectivity index (χ4v) is 4.17. The number of non-ortho nitro benzene ring substituents is 1. The summed E-state index contributed by atoms with van der Waals surface area (Å²) in [6.07, 6.45) is 6.24. The van der Waals surface area contributed by atoms with Crippen molar-refractivity contribution >= 4 is 23.5 Å². The SMILES string of the molecule is Cc1nc2c(c(N3CCC(C)CC3)n1)CN(C(=O)/C=C/c1ccc([N+](=O)[O-])cc1)CC2. The predicted octanol–water partition coefficient (Wildman–Crippen LogP) is 3.53. The number of carbonyl (C=O) groups is 1. The molecule has 31 heavy (non-hydrogen) atoms. The highest BCUT2D eigenvalue weighted by Crippen LogP contribution is 2.30. The summed E-state index contributed by atoms with van der Waals surface area (Å²) < 4.78 is 0. The highest BCUT2D eigenvalue weighted by atomic mass is 16.6. The summed E-state index contributed by atoms with van der Waals surface area (Å²) >= 11 is 0. The van der Waals surface area contributed by atoms with Crippen molar-refractivity contribution in [3.63, 3.8) is 0 Å². The molecule has 8 heteroatoms. The first-order valence-corrected chi connectivity index (χ1v) is 10.7. The van der Waals surface area contributed by atoms with Gasteiger partial charge in [-0.05, 0) is 49.5 Å². The van der Waals surface area contributed by atoms with Crippen LogP contribution in [0.25, 0.3) is 6.08 Å². The molecule has 2 aliphatic rings. The lowest BCUT2D eigenvalue weighted by Crippen LogP contribution is -2.39. The molecule has 1 fully saturated rings. The van der Waals surface area contributed by atoms with Gasteiger partial charge in [-0.15, -0.1) is 0 Å². The van der Waals surface area contributed by atoms with Gasteiger partial charge in [0.1, 0.15) is 11.6 Å². The number of nitro benzene ring substituents is 1. The number of carbonyl (C=O) groups excluding carboxylic acids is 1. The minimum Gasteiger partial charge on any atom is -0.356 e. The zero-order valence-electron chi connectivity index (χ0n) is 18.0. The minimum absolute atomic E-state index is 0.0334. The standard InChI is InChI=1S/C23H27N5O3/c1-16-9-12-26(13-10-16)23-20-15-27(14-11-21(20)24-17(2)25-23)22(29)8-5-18-3-6-19(7-4-18)28(30)31/h3-8,16H,9-15H2,1-2H3/b8-5+. The number of aromatic nitrogens is 2. The van der Waals surface area contributed by atoms with Crippen LogP contribution in [0.3, 0.4) is 0 Å². The first-order chi connectivity index (χ1) is 14.9. The summed E-state index contributed by atoms with van der Waals surface area (Å²) in [6.45, 7) is 7.30. The molecule has 8 nitrogen and oxygen atoms in total. The highest BCUT2D eigenvalue weighted by molar-refractivity contribution is 5.92. The van der Waals surface area contributed by atoms with Gasteiger partial charge in [0, 0.05) is 49.8 Å².